The number of halogens is 1. The Morgan fingerprint density at radius 1 is 1.41 bits per heavy atom. The molecule has 1 aromatic carbocycles. The molecule has 0 saturated carbocycles. The summed E-state index contributed by atoms with van der Waals surface area (Å²) in [5.74, 6) is -1.53. The van der Waals surface area contributed by atoms with Crippen molar-refractivity contribution in [1.82, 2.24) is 4.98 Å². The number of hydrogen-bond donors (Lipinski definition) is 3. The van der Waals surface area contributed by atoms with Crippen LogP contribution in [0.3, 0.4) is 0 Å². The Morgan fingerprint density at radius 3 is 2.64 bits per heavy atom. The third kappa shape index (κ3) is 3.68. The van der Waals surface area contributed by atoms with Crippen molar-refractivity contribution in [2.45, 2.75) is 0 Å². The molecule has 2 rings (SSSR count). The molecule has 0 saturated heterocycles. The number of carboxylic acids is 1. The number of aromatic carboxylic acids is 1. The molecule has 22 heavy (non-hydrogen) atoms. The van der Waals surface area contributed by atoms with Gasteiger partial charge in [0.2, 0.25) is 5.13 Å². The van der Waals surface area contributed by atoms with Crippen molar-refractivity contribution in [1.29, 1.82) is 0 Å². The normalized spacial score (nSPS) is 9.64. The molecule has 0 radical (unpaired) electrons. The quantitative estimate of drug-likeness (QED) is 0.330. The monoisotopic (exact) mass is 343 g/mol. The van der Waals surface area contributed by atoms with E-state index in [1.54, 1.807) is 6.07 Å². The van der Waals surface area contributed by atoms with E-state index in [1.807, 2.05) is 0 Å². The van der Waals surface area contributed by atoms with Crippen LogP contribution in [0.2, 0.25) is 0 Å². The molecule has 1 heterocycles. The molecule has 9 nitrogen and oxygen atoms in total. The zero-order valence-corrected chi connectivity index (χ0v) is 12.4. The number of carbonyl (C=O) groups is 1. The number of nitrogens with two attached hydrogens (primary N) is 2. The highest BCUT2D eigenvalue weighted by Crippen LogP contribution is 2.35. The van der Waals surface area contributed by atoms with E-state index in [2.05, 4.69) is 9.98 Å². The van der Waals surface area contributed by atoms with Crippen molar-refractivity contribution in [2.75, 3.05) is 0 Å². The molecule has 0 fully saturated rings. The van der Waals surface area contributed by atoms with Crippen molar-refractivity contribution in [3.63, 3.8) is 0 Å². The maximum Gasteiger partial charge on any atom is 0.356 e. The molecule has 0 spiro atoms. The lowest BCUT2D eigenvalue weighted by molar-refractivity contribution is -0.384. The number of aromatic nitrogens is 1. The molecule has 0 unspecified atom stereocenters. The largest absolute Gasteiger partial charge is 0.476 e. The van der Waals surface area contributed by atoms with Gasteiger partial charge in [0.25, 0.3) is 5.69 Å². The van der Waals surface area contributed by atoms with Crippen LogP contribution in [-0.2, 0) is 0 Å². The fourth-order valence-corrected chi connectivity index (χ4v) is 2.51. The summed E-state index contributed by atoms with van der Waals surface area (Å²) in [6.45, 7) is 0. The number of thiazole rings is 1. The fourth-order valence-electron chi connectivity index (χ4n) is 1.57. The highest BCUT2D eigenvalue weighted by molar-refractivity contribution is 7.19. The number of hydrogen-bond acceptors (Lipinski definition) is 6. The van der Waals surface area contributed by atoms with E-state index in [-0.39, 0.29) is 39.8 Å². The Hall–Kier alpha value is -2.72. The van der Waals surface area contributed by atoms with E-state index in [0.717, 1.165) is 11.3 Å². The van der Waals surface area contributed by atoms with E-state index >= 15 is 0 Å². The average molecular weight is 344 g/mol. The van der Waals surface area contributed by atoms with Crippen molar-refractivity contribution in [3.8, 4) is 10.4 Å². The summed E-state index contributed by atoms with van der Waals surface area (Å²) in [4.78, 5) is 29.2. The second kappa shape index (κ2) is 6.83. The number of nitro groups is 1. The first-order valence-electron chi connectivity index (χ1n) is 5.47. The van der Waals surface area contributed by atoms with Gasteiger partial charge in [0.15, 0.2) is 11.7 Å². The van der Waals surface area contributed by atoms with Gasteiger partial charge in [0.1, 0.15) is 0 Å². The SMILES string of the molecule is Cl.NC(N)=Nc1nc(C(=O)O)c(-c2cccc([N+](=O)[O-])c2)s1. The summed E-state index contributed by atoms with van der Waals surface area (Å²) in [6, 6.07) is 5.58. The van der Waals surface area contributed by atoms with Crippen molar-refractivity contribution in [3.05, 3.63) is 40.1 Å². The number of guanidine groups is 1. The highest BCUT2D eigenvalue weighted by atomic mass is 35.5. The first kappa shape index (κ1) is 17.3. The molecule has 0 bridgehead atoms. The predicted molar refractivity (Wildman–Crippen MR) is 83.9 cm³/mol. The molecule has 0 atom stereocenters. The van der Waals surface area contributed by atoms with E-state index in [0.29, 0.717) is 5.56 Å². The minimum absolute atomic E-state index is 0. The van der Waals surface area contributed by atoms with E-state index in [9.17, 15) is 14.9 Å². The molecule has 0 aliphatic rings. The summed E-state index contributed by atoms with van der Waals surface area (Å²) >= 11 is 0.928. The van der Waals surface area contributed by atoms with Crippen molar-refractivity contribution < 1.29 is 14.8 Å². The number of benzene rings is 1. The first-order chi connectivity index (χ1) is 9.88. The maximum absolute atomic E-state index is 11.2. The second-order valence-electron chi connectivity index (χ2n) is 3.82. The van der Waals surface area contributed by atoms with Gasteiger partial charge in [-0.25, -0.2) is 9.78 Å². The first-order valence-corrected chi connectivity index (χ1v) is 6.28. The minimum atomic E-state index is -1.27. The highest BCUT2D eigenvalue weighted by Gasteiger charge is 2.20. The van der Waals surface area contributed by atoms with Crippen LogP contribution in [-0.4, -0.2) is 26.9 Å². The van der Waals surface area contributed by atoms with Gasteiger partial charge >= 0.3 is 5.97 Å². The van der Waals surface area contributed by atoms with Gasteiger partial charge < -0.3 is 16.6 Å². The standard InChI is InChI=1S/C11H9N5O4S.ClH/c12-10(13)15-11-14-7(9(17)18)8(21-11)5-2-1-3-6(4-5)16(19)20;/h1-4H,(H,17,18)(H4,12,13,14,15);1H. The molecule has 0 aliphatic carbocycles. The topological polar surface area (TPSA) is 158 Å². The molecule has 11 heteroatoms. The van der Waals surface area contributed by atoms with Crippen LogP contribution >= 0.6 is 23.7 Å². The molecular weight excluding hydrogens is 334 g/mol. The Labute approximate surface area is 133 Å². The van der Waals surface area contributed by atoms with Gasteiger partial charge in [-0.3, -0.25) is 10.1 Å². The van der Waals surface area contributed by atoms with E-state index < -0.39 is 10.9 Å². The van der Waals surface area contributed by atoms with Crippen LogP contribution in [0, 0.1) is 10.1 Å². The minimum Gasteiger partial charge on any atom is -0.476 e. The number of nitro benzene ring substituents is 1. The van der Waals surface area contributed by atoms with Crippen LogP contribution in [0.5, 0.6) is 0 Å². The Balaban J connectivity index is 0.00000242. The molecule has 2 aromatic rings. The zero-order valence-electron chi connectivity index (χ0n) is 10.8. The summed E-state index contributed by atoms with van der Waals surface area (Å²) in [5, 5.41) is 20.0. The number of carboxylic acid groups (broad SMARTS) is 1. The summed E-state index contributed by atoms with van der Waals surface area (Å²) in [6.07, 6.45) is 0. The van der Waals surface area contributed by atoms with Gasteiger partial charge in [-0.2, -0.15) is 4.99 Å². The van der Waals surface area contributed by atoms with Crippen LogP contribution in [0.15, 0.2) is 29.3 Å². The summed E-state index contributed by atoms with van der Waals surface area (Å²) in [7, 11) is 0. The van der Waals surface area contributed by atoms with E-state index in [1.165, 1.54) is 18.2 Å². The van der Waals surface area contributed by atoms with Crippen molar-refractivity contribution >= 4 is 46.5 Å². The molecule has 5 N–H and O–H groups in total. The van der Waals surface area contributed by atoms with Gasteiger partial charge in [-0.15, -0.1) is 12.4 Å². The number of aliphatic imine (C=N–C) groups is 1. The van der Waals surface area contributed by atoms with Crippen LogP contribution < -0.4 is 11.5 Å². The number of rotatable bonds is 4. The number of non-ortho nitro benzene ring substituents is 1. The van der Waals surface area contributed by atoms with Crippen LogP contribution in [0.1, 0.15) is 10.5 Å². The molecule has 1 aromatic heterocycles. The van der Waals surface area contributed by atoms with Crippen LogP contribution in [0.25, 0.3) is 10.4 Å². The smallest absolute Gasteiger partial charge is 0.356 e. The lowest BCUT2D eigenvalue weighted by Crippen LogP contribution is -2.21. The lowest BCUT2D eigenvalue weighted by atomic mass is 10.1. The third-order valence-electron chi connectivity index (χ3n) is 2.36. The van der Waals surface area contributed by atoms with Crippen molar-refractivity contribution in [2.24, 2.45) is 16.5 Å². The summed E-state index contributed by atoms with van der Waals surface area (Å²) in [5.41, 5.74) is 10.4. The molecule has 0 amide bonds. The van der Waals surface area contributed by atoms with Crippen LogP contribution in [0.4, 0.5) is 10.8 Å². The second-order valence-corrected chi connectivity index (χ2v) is 4.80. The predicted octanol–water partition coefficient (Wildman–Crippen LogP) is 1.74. The lowest BCUT2D eigenvalue weighted by Gasteiger charge is -1.98. The summed E-state index contributed by atoms with van der Waals surface area (Å²) < 4.78 is 0. The Morgan fingerprint density at radius 2 is 2.09 bits per heavy atom. The van der Waals surface area contributed by atoms with Gasteiger partial charge in [0, 0.05) is 17.7 Å². The molecule has 116 valence electrons. The fraction of sp³-hybridized carbons (Fsp3) is 0. The van der Waals surface area contributed by atoms with Gasteiger partial charge in [0.05, 0.1) is 9.80 Å². The van der Waals surface area contributed by atoms with E-state index in [4.69, 9.17) is 16.6 Å². The van der Waals surface area contributed by atoms with Gasteiger partial charge in [-0.1, -0.05) is 23.5 Å². The Kier molecular flexibility index (Phi) is 5.38. The Bertz CT molecular complexity index is 757. The number of nitrogens with zero attached hydrogens (tertiary/aromatic N) is 3. The maximum atomic E-state index is 11.2. The average Bonchev–Trinajstić information content (AvgIpc) is 2.82. The third-order valence-corrected chi connectivity index (χ3v) is 3.36. The van der Waals surface area contributed by atoms with Gasteiger partial charge in [-0.05, 0) is 0 Å². The zero-order chi connectivity index (χ0) is 15.6. The molecule has 0 aliphatic heterocycles. The molecular formula is C11H10ClN5O4S.